The lowest BCUT2D eigenvalue weighted by Crippen LogP contribution is -2.50. The van der Waals surface area contributed by atoms with Crippen LogP contribution in [0.25, 0.3) is 0 Å². The van der Waals surface area contributed by atoms with Crippen molar-refractivity contribution in [1.29, 1.82) is 0 Å². The predicted molar refractivity (Wildman–Crippen MR) is 95.2 cm³/mol. The van der Waals surface area contributed by atoms with E-state index in [4.69, 9.17) is 4.74 Å². The SMILES string of the molecule is CN(C)C(=O)C1OC2(CCN(C(=O)C3CC(O)C3)CC2)c2ccccc21. The average Bonchev–Trinajstić information content (AvgIpc) is 2.93. The molecule has 2 heterocycles. The summed E-state index contributed by atoms with van der Waals surface area (Å²) >= 11 is 0. The highest BCUT2D eigenvalue weighted by Crippen LogP contribution is 2.50. The maximum Gasteiger partial charge on any atom is 0.255 e. The Kier molecular flexibility index (Phi) is 4.28. The number of hydrogen-bond acceptors (Lipinski definition) is 4. The van der Waals surface area contributed by atoms with Crippen molar-refractivity contribution in [1.82, 2.24) is 9.80 Å². The Morgan fingerprint density at radius 1 is 1.19 bits per heavy atom. The molecule has 1 saturated carbocycles. The molecule has 1 unspecified atom stereocenters. The standard InChI is InChI=1S/C20H26N2O4/c1-21(2)19(25)17-15-5-3-4-6-16(15)20(26-17)7-9-22(10-8-20)18(24)13-11-14(23)12-13/h3-6,13-14,17,23H,7-12H2,1-2H3. The van der Waals surface area contributed by atoms with E-state index in [0.29, 0.717) is 38.8 Å². The molecule has 1 aromatic carbocycles. The molecular formula is C20H26N2O4. The molecule has 6 nitrogen and oxygen atoms in total. The molecule has 6 heteroatoms. The second kappa shape index (κ2) is 6.35. The Balaban J connectivity index is 1.51. The predicted octanol–water partition coefficient (Wildman–Crippen LogP) is 1.43. The van der Waals surface area contributed by atoms with E-state index < -0.39 is 11.7 Å². The molecule has 3 aliphatic rings. The summed E-state index contributed by atoms with van der Waals surface area (Å²) in [6.07, 6.45) is 1.68. The molecule has 1 saturated heterocycles. The number of carbonyl (C=O) groups excluding carboxylic acids is 2. The number of rotatable bonds is 2. The van der Waals surface area contributed by atoms with Gasteiger partial charge in [0.15, 0.2) is 6.10 Å². The molecule has 0 bridgehead atoms. The molecule has 4 rings (SSSR count). The first-order valence-electron chi connectivity index (χ1n) is 9.36. The fraction of sp³-hybridized carbons (Fsp3) is 0.600. The summed E-state index contributed by atoms with van der Waals surface area (Å²) in [4.78, 5) is 28.6. The van der Waals surface area contributed by atoms with Gasteiger partial charge in [-0.3, -0.25) is 9.59 Å². The lowest BCUT2D eigenvalue weighted by molar-refractivity contribution is -0.163. The van der Waals surface area contributed by atoms with Crippen LogP contribution < -0.4 is 0 Å². The van der Waals surface area contributed by atoms with E-state index in [1.807, 2.05) is 23.1 Å². The molecular weight excluding hydrogens is 332 g/mol. The number of aliphatic hydroxyl groups is 1. The summed E-state index contributed by atoms with van der Waals surface area (Å²) in [5, 5.41) is 9.44. The highest BCUT2D eigenvalue weighted by atomic mass is 16.5. The number of carbonyl (C=O) groups is 2. The van der Waals surface area contributed by atoms with Gasteiger partial charge >= 0.3 is 0 Å². The second-order valence-corrected chi connectivity index (χ2v) is 7.96. The number of fused-ring (bicyclic) bond motifs is 2. The molecule has 140 valence electrons. The van der Waals surface area contributed by atoms with Crippen LogP contribution >= 0.6 is 0 Å². The normalized spacial score (nSPS) is 29.2. The van der Waals surface area contributed by atoms with E-state index in [0.717, 1.165) is 11.1 Å². The summed E-state index contributed by atoms with van der Waals surface area (Å²) in [6, 6.07) is 7.96. The van der Waals surface area contributed by atoms with Gasteiger partial charge < -0.3 is 19.6 Å². The van der Waals surface area contributed by atoms with Crippen molar-refractivity contribution in [3.63, 3.8) is 0 Å². The minimum absolute atomic E-state index is 0.0288. The number of benzene rings is 1. The van der Waals surface area contributed by atoms with Crippen molar-refractivity contribution in [3.05, 3.63) is 35.4 Å². The van der Waals surface area contributed by atoms with Crippen molar-refractivity contribution in [3.8, 4) is 0 Å². The maximum absolute atomic E-state index is 12.6. The average molecular weight is 358 g/mol. The van der Waals surface area contributed by atoms with Crippen molar-refractivity contribution in [2.24, 2.45) is 5.92 Å². The molecule has 2 aliphatic heterocycles. The van der Waals surface area contributed by atoms with Crippen LogP contribution in [0.1, 0.15) is 42.9 Å². The molecule has 2 fully saturated rings. The monoisotopic (exact) mass is 358 g/mol. The van der Waals surface area contributed by atoms with Gasteiger partial charge in [-0.2, -0.15) is 0 Å². The number of nitrogens with zero attached hydrogens (tertiary/aromatic N) is 2. The van der Waals surface area contributed by atoms with Crippen molar-refractivity contribution in [2.45, 2.75) is 43.5 Å². The summed E-state index contributed by atoms with van der Waals surface area (Å²) in [7, 11) is 3.49. The fourth-order valence-corrected chi connectivity index (χ4v) is 4.43. The van der Waals surface area contributed by atoms with E-state index in [1.165, 1.54) is 0 Å². The minimum Gasteiger partial charge on any atom is -0.393 e. The summed E-state index contributed by atoms with van der Waals surface area (Å²) in [6.45, 7) is 1.26. The van der Waals surface area contributed by atoms with Gasteiger partial charge in [-0.15, -0.1) is 0 Å². The molecule has 1 aromatic rings. The Morgan fingerprint density at radius 3 is 2.46 bits per heavy atom. The third kappa shape index (κ3) is 2.72. The van der Waals surface area contributed by atoms with E-state index in [9.17, 15) is 14.7 Å². The smallest absolute Gasteiger partial charge is 0.255 e. The van der Waals surface area contributed by atoms with E-state index in [2.05, 4.69) is 6.07 Å². The molecule has 0 radical (unpaired) electrons. The first kappa shape index (κ1) is 17.5. The van der Waals surface area contributed by atoms with Gasteiger partial charge in [0, 0.05) is 33.1 Å². The third-order valence-corrected chi connectivity index (χ3v) is 6.09. The number of aliphatic hydroxyl groups excluding tert-OH is 1. The molecule has 1 aliphatic carbocycles. The summed E-state index contributed by atoms with van der Waals surface area (Å²) < 4.78 is 6.36. The Morgan fingerprint density at radius 2 is 1.85 bits per heavy atom. The quantitative estimate of drug-likeness (QED) is 0.868. The zero-order valence-corrected chi connectivity index (χ0v) is 15.4. The van der Waals surface area contributed by atoms with E-state index in [1.54, 1.807) is 19.0 Å². The molecule has 1 atom stereocenters. The van der Waals surface area contributed by atoms with Gasteiger partial charge in [0.2, 0.25) is 5.91 Å². The lowest BCUT2D eigenvalue weighted by atomic mass is 9.79. The topological polar surface area (TPSA) is 70.1 Å². The van der Waals surface area contributed by atoms with Crippen LogP contribution in [0.3, 0.4) is 0 Å². The van der Waals surface area contributed by atoms with Crippen molar-refractivity contribution < 1.29 is 19.4 Å². The summed E-state index contributed by atoms with van der Waals surface area (Å²) in [5.74, 6) is 0.0764. The zero-order valence-electron chi connectivity index (χ0n) is 15.4. The van der Waals surface area contributed by atoms with Crippen LogP contribution in [0.15, 0.2) is 24.3 Å². The van der Waals surface area contributed by atoms with Gasteiger partial charge in [0.25, 0.3) is 5.91 Å². The van der Waals surface area contributed by atoms with Crippen LogP contribution in [0.2, 0.25) is 0 Å². The first-order chi connectivity index (χ1) is 12.4. The Hall–Kier alpha value is -1.92. The van der Waals surface area contributed by atoms with E-state index in [-0.39, 0.29) is 23.8 Å². The summed E-state index contributed by atoms with van der Waals surface area (Å²) in [5.41, 5.74) is 1.56. The first-order valence-corrected chi connectivity index (χ1v) is 9.36. The molecule has 0 aromatic heterocycles. The van der Waals surface area contributed by atoms with Crippen LogP contribution in [0, 0.1) is 5.92 Å². The molecule has 2 amide bonds. The van der Waals surface area contributed by atoms with Gasteiger partial charge in [0.1, 0.15) is 0 Å². The highest BCUT2D eigenvalue weighted by molar-refractivity contribution is 5.83. The Bertz CT molecular complexity index is 718. The largest absolute Gasteiger partial charge is 0.393 e. The number of hydrogen-bond donors (Lipinski definition) is 1. The van der Waals surface area contributed by atoms with Crippen LogP contribution in [0.5, 0.6) is 0 Å². The van der Waals surface area contributed by atoms with Gasteiger partial charge in [-0.1, -0.05) is 24.3 Å². The highest BCUT2D eigenvalue weighted by Gasteiger charge is 2.50. The van der Waals surface area contributed by atoms with Crippen LogP contribution in [-0.2, 0) is 19.9 Å². The Labute approximate surface area is 153 Å². The number of piperidine rings is 1. The molecule has 1 N–H and O–H groups in total. The number of likely N-dealkylation sites (N-methyl/N-ethyl adjacent to an activating group) is 1. The number of amides is 2. The van der Waals surface area contributed by atoms with Crippen molar-refractivity contribution >= 4 is 11.8 Å². The van der Waals surface area contributed by atoms with Gasteiger partial charge in [0.05, 0.1) is 11.7 Å². The number of likely N-dealkylation sites (tertiary alicyclic amines) is 1. The molecule has 1 spiro atoms. The maximum atomic E-state index is 12.6. The lowest BCUT2D eigenvalue weighted by Gasteiger charge is -2.42. The minimum atomic E-state index is -0.565. The van der Waals surface area contributed by atoms with Crippen molar-refractivity contribution in [2.75, 3.05) is 27.2 Å². The van der Waals surface area contributed by atoms with Crippen LogP contribution in [-0.4, -0.2) is 60.0 Å². The fourth-order valence-electron chi connectivity index (χ4n) is 4.43. The van der Waals surface area contributed by atoms with E-state index >= 15 is 0 Å². The third-order valence-electron chi connectivity index (χ3n) is 6.09. The number of ether oxygens (including phenoxy) is 1. The molecule has 26 heavy (non-hydrogen) atoms. The van der Waals surface area contributed by atoms with Crippen LogP contribution in [0.4, 0.5) is 0 Å². The second-order valence-electron chi connectivity index (χ2n) is 7.96. The van der Waals surface area contributed by atoms with Gasteiger partial charge in [-0.05, 0) is 36.8 Å². The zero-order chi connectivity index (χ0) is 18.5. The van der Waals surface area contributed by atoms with Gasteiger partial charge in [-0.25, -0.2) is 0 Å².